The number of nitrogens with zero attached hydrogens (tertiary/aromatic N) is 1. The van der Waals surface area contributed by atoms with Crippen molar-refractivity contribution in [2.24, 2.45) is 0 Å². The van der Waals surface area contributed by atoms with E-state index in [1.165, 1.54) is 24.1 Å². The first-order valence-electron chi connectivity index (χ1n) is 6.52. The van der Waals surface area contributed by atoms with Crippen molar-refractivity contribution in [2.45, 2.75) is 32.4 Å². The van der Waals surface area contributed by atoms with Crippen LogP contribution in [-0.2, 0) is 6.54 Å². The molecular formula is C15H22N2. The molecule has 0 saturated carbocycles. The second-order valence-electron chi connectivity index (χ2n) is 4.69. The van der Waals surface area contributed by atoms with E-state index in [0.29, 0.717) is 6.04 Å². The predicted molar refractivity (Wildman–Crippen MR) is 74.4 cm³/mol. The van der Waals surface area contributed by atoms with E-state index in [9.17, 15) is 0 Å². The van der Waals surface area contributed by atoms with Gasteiger partial charge in [-0.15, -0.1) is 6.58 Å². The van der Waals surface area contributed by atoms with Crippen LogP contribution in [0.1, 0.15) is 25.3 Å². The van der Waals surface area contributed by atoms with E-state index in [2.05, 4.69) is 48.0 Å². The Hall–Kier alpha value is -1.28. The molecule has 1 aliphatic rings. The first-order valence-corrected chi connectivity index (χ1v) is 6.52. The van der Waals surface area contributed by atoms with Crippen molar-refractivity contribution < 1.29 is 0 Å². The first kappa shape index (κ1) is 12.2. The minimum absolute atomic E-state index is 0.590. The minimum atomic E-state index is 0.590. The lowest BCUT2D eigenvalue weighted by Crippen LogP contribution is -2.38. The molecule has 0 aromatic heterocycles. The zero-order chi connectivity index (χ0) is 12.1. The summed E-state index contributed by atoms with van der Waals surface area (Å²) in [5.74, 6) is 0. The summed E-state index contributed by atoms with van der Waals surface area (Å²) in [4.78, 5) is 2.43. The lowest BCUT2D eigenvalue weighted by atomic mass is 10.1. The molecule has 0 radical (unpaired) electrons. The molecule has 1 atom stereocenters. The maximum absolute atomic E-state index is 3.87. The summed E-state index contributed by atoms with van der Waals surface area (Å²) in [5, 5.41) is 3.65. The van der Waals surface area contributed by atoms with E-state index in [1.54, 1.807) is 0 Å². The van der Waals surface area contributed by atoms with E-state index in [0.717, 1.165) is 19.6 Å². The molecule has 17 heavy (non-hydrogen) atoms. The third kappa shape index (κ3) is 2.89. The van der Waals surface area contributed by atoms with E-state index in [1.807, 2.05) is 6.08 Å². The van der Waals surface area contributed by atoms with Gasteiger partial charge < -0.3 is 10.2 Å². The summed E-state index contributed by atoms with van der Waals surface area (Å²) >= 11 is 0. The first-order chi connectivity index (χ1) is 8.35. The van der Waals surface area contributed by atoms with Crippen LogP contribution in [0, 0.1) is 0 Å². The second-order valence-corrected chi connectivity index (χ2v) is 4.69. The van der Waals surface area contributed by atoms with Crippen molar-refractivity contribution in [3.63, 3.8) is 0 Å². The Morgan fingerprint density at radius 3 is 3.06 bits per heavy atom. The van der Waals surface area contributed by atoms with Crippen LogP contribution in [0.15, 0.2) is 36.9 Å². The summed E-state index contributed by atoms with van der Waals surface area (Å²) < 4.78 is 0. The Morgan fingerprint density at radius 2 is 2.29 bits per heavy atom. The topological polar surface area (TPSA) is 15.3 Å². The van der Waals surface area contributed by atoms with E-state index in [-0.39, 0.29) is 0 Å². The molecule has 0 saturated heterocycles. The maximum Gasteiger partial charge on any atom is 0.0415 e. The summed E-state index contributed by atoms with van der Waals surface area (Å²) in [7, 11) is 0. The predicted octanol–water partition coefficient (Wildman–Crippen LogP) is 2.95. The van der Waals surface area contributed by atoms with Gasteiger partial charge in [-0.3, -0.25) is 0 Å². The highest BCUT2D eigenvalue weighted by Gasteiger charge is 2.19. The summed E-state index contributed by atoms with van der Waals surface area (Å²) in [6.45, 7) is 9.11. The Bertz CT molecular complexity index is 373. The normalized spacial score (nSPS) is 19.6. The number of hydrogen-bond donors (Lipinski definition) is 1. The summed E-state index contributed by atoms with van der Waals surface area (Å²) in [5.41, 5.74) is 2.76. The molecule has 0 bridgehead atoms. The molecule has 0 amide bonds. The van der Waals surface area contributed by atoms with Gasteiger partial charge >= 0.3 is 0 Å². The largest absolute Gasteiger partial charge is 0.366 e. The van der Waals surface area contributed by atoms with Crippen LogP contribution in [0.25, 0.3) is 0 Å². The fraction of sp³-hybridized carbons (Fsp3) is 0.467. The average molecular weight is 230 g/mol. The molecule has 2 heteroatoms. The van der Waals surface area contributed by atoms with Crippen LogP contribution in [0.5, 0.6) is 0 Å². The standard InChI is InChI=1S/C15H22N2/c1-3-7-14-12-17(10-4-2)15-9-6-5-8-13(15)11-16-14/h4-6,8-9,14,16H,2-3,7,10-12H2,1H3. The summed E-state index contributed by atoms with van der Waals surface area (Å²) in [6.07, 6.45) is 4.46. The molecule has 1 aromatic carbocycles. The SMILES string of the molecule is C=CCN1CC(CCC)NCc2ccccc21. The fourth-order valence-corrected chi connectivity index (χ4v) is 2.52. The van der Waals surface area contributed by atoms with E-state index >= 15 is 0 Å². The summed E-state index contributed by atoms with van der Waals surface area (Å²) in [6, 6.07) is 9.26. The third-order valence-electron chi connectivity index (χ3n) is 3.34. The van der Waals surface area contributed by atoms with Crippen molar-refractivity contribution in [3.8, 4) is 0 Å². The molecular weight excluding hydrogens is 208 g/mol. The maximum atomic E-state index is 3.87. The molecule has 0 spiro atoms. The van der Waals surface area contributed by atoms with Crippen molar-refractivity contribution in [3.05, 3.63) is 42.5 Å². The number of anilines is 1. The third-order valence-corrected chi connectivity index (χ3v) is 3.34. The van der Waals surface area contributed by atoms with Crippen molar-refractivity contribution in [1.82, 2.24) is 5.32 Å². The van der Waals surface area contributed by atoms with Gasteiger partial charge in [0.25, 0.3) is 0 Å². The molecule has 1 heterocycles. The van der Waals surface area contributed by atoms with Gasteiger partial charge in [0.05, 0.1) is 0 Å². The highest BCUT2D eigenvalue weighted by Crippen LogP contribution is 2.23. The van der Waals surface area contributed by atoms with Crippen LogP contribution in [0.3, 0.4) is 0 Å². The van der Waals surface area contributed by atoms with Crippen molar-refractivity contribution >= 4 is 5.69 Å². The number of rotatable bonds is 4. The van der Waals surface area contributed by atoms with Gasteiger partial charge in [0, 0.05) is 31.4 Å². The Morgan fingerprint density at radius 1 is 1.47 bits per heavy atom. The molecule has 92 valence electrons. The highest BCUT2D eigenvalue weighted by atomic mass is 15.2. The Labute approximate surface area is 104 Å². The lowest BCUT2D eigenvalue weighted by molar-refractivity contribution is 0.484. The van der Waals surface area contributed by atoms with Gasteiger partial charge in [-0.2, -0.15) is 0 Å². The number of hydrogen-bond acceptors (Lipinski definition) is 2. The van der Waals surface area contributed by atoms with Gasteiger partial charge in [-0.1, -0.05) is 37.6 Å². The molecule has 0 aliphatic carbocycles. The fourth-order valence-electron chi connectivity index (χ4n) is 2.52. The number of benzene rings is 1. The van der Waals surface area contributed by atoms with Gasteiger partial charge in [-0.25, -0.2) is 0 Å². The zero-order valence-electron chi connectivity index (χ0n) is 10.7. The van der Waals surface area contributed by atoms with Crippen LogP contribution in [-0.4, -0.2) is 19.1 Å². The molecule has 1 unspecified atom stereocenters. The number of fused-ring (bicyclic) bond motifs is 1. The van der Waals surface area contributed by atoms with E-state index in [4.69, 9.17) is 0 Å². The van der Waals surface area contributed by atoms with Gasteiger partial charge in [0.1, 0.15) is 0 Å². The average Bonchev–Trinajstić information content (AvgIpc) is 2.52. The van der Waals surface area contributed by atoms with Crippen LogP contribution >= 0.6 is 0 Å². The quantitative estimate of drug-likeness (QED) is 0.800. The van der Waals surface area contributed by atoms with E-state index < -0.39 is 0 Å². The lowest BCUT2D eigenvalue weighted by Gasteiger charge is -2.26. The van der Waals surface area contributed by atoms with Gasteiger partial charge in [0.15, 0.2) is 0 Å². The molecule has 1 aliphatic heterocycles. The van der Waals surface area contributed by atoms with Crippen LogP contribution < -0.4 is 10.2 Å². The molecule has 1 N–H and O–H groups in total. The minimum Gasteiger partial charge on any atom is -0.366 e. The highest BCUT2D eigenvalue weighted by molar-refractivity contribution is 5.55. The van der Waals surface area contributed by atoms with Crippen molar-refractivity contribution in [2.75, 3.05) is 18.0 Å². The zero-order valence-corrected chi connectivity index (χ0v) is 10.7. The monoisotopic (exact) mass is 230 g/mol. The van der Waals surface area contributed by atoms with Gasteiger partial charge in [-0.05, 0) is 18.1 Å². The molecule has 2 rings (SSSR count). The smallest absolute Gasteiger partial charge is 0.0415 e. The molecule has 2 nitrogen and oxygen atoms in total. The molecule has 1 aromatic rings. The number of para-hydroxylation sites is 1. The van der Waals surface area contributed by atoms with Crippen LogP contribution in [0.2, 0.25) is 0 Å². The van der Waals surface area contributed by atoms with Crippen molar-refractivity contribution in [1.29, 1.82) is 0 Å². The number of nitrogens with one attached hydrogen (secondary N) is 1. The Balaban J connectivity index is 2.22. The van der Waals surface area contributed by atoms with Crippen LogP contribution in [0.4, 0.5) is 5.69 Å². The Kier molecular flexibility index (Phi) is 4.21. The van der Waals surface area contributed by atoms with Gasteiger partial charge in [0.2, 0.25) is 0 Å². The molecule has 0 fully saturated rings. The second kappa shape index (κ2) is 5.87.